The first-order valence-corrected chi connectivity index (χ1v) is 9.20. The van der Waals surface area contributed by atoms with Gasteiger partial charge in [-0.15, -0.1) is 0 Å². The number of carbonyl (C=O) groups excluding carboxylic acids is 2. The SMILES string of the molecule is CN1C(=O)[C@]23C[C@]4(F)c5ccccc5N[C@@H]4N2C(=O)[C@H]1SS3. The molecule has 5 nitrogen and oxygen atoms in total. The summed E-state index contributed by atoms with van der Waals surface area (Å²) < 4.78 is 15.9. The Kier molecular flexibility index (Phi) is 2.22. The van der Waals surface area contributed by atoms with Gasteiger partial charge < -0.3 is 10.2 Å². The summed E-state index contributed by atoms with van der Waals surface area (Å²) in [5.74, 6) is -0.359. The Bertz CT molecular complexity index is 747. The number of hydrogen-bond acceptors (Lipinski definition) is 5. The first-order valence-electron chi connectivity index (χ1n) is 6.99. The van der Waals surface area contributed by atoms with Crippen LogP contribution in [0.5, 0.6) is 0 Å². The maximum Gasteiger partial charge on any atom is 0.261 e. The number of likely N-dealkylation sites (N-methyl/N-ethyl adjacent to an activating group) is 1. The molecule has 0 radical (unpaired) electrons. The van der Waals surface area contributed by atoms with Crippen LogP contribution in [0.1, 0.15) is 12.0 Å². The lowest BCUT2D eigenvalue weighted by atomic mass is 9.92. The number of carbonyl (C=O) groups is 2. The zero-order chi connectivity index (χ0) is 15.3. The Morgan fingerprint density at radius 2 is 2.14 bits per heavy atom. The zero-order valence-electron chi connectivity index (χ0n) is 11.6. The molecule has 5 aliphatic rings. The van der Waals surface area contributed by atoms with Gasteiger partial charge in [0.2, 0.25) is 0 Å². The summed E-state index contributed by atoms with van der Waals surface area (Å²) >= 11 is 0. The molecule has 4 saturated heterocycles. The summed E-state index contributed by atoms with van der Waals surface area (Å²) in [5, 5.41) is 2.56. The van der Waals surface area contributed by atoms with E-state index >= 15 is 4.39 Å². The Balaban J connectivity index is 1.71. The molecule has 1 N–H and O–H groups in total. The molecule has 114 valence electrons. The van der Waals surface area contributed by atoms with Gasteiger partial charge in [0, 0.05) is 24.7 Å². The summed E-state index contributed by atoms with van der Waals surface area (Å²) in [4.78, 5) is 27.3. The van der Waals surface area contributed by atoms with Crippen LogP contribution in [-0.4, -0.2) is 45.1 Å². The van der Waals surface area contributed by atoms with Gasteiger partial charge in [-0.3, -0.25) is 14.5 Å². The fourth-order valence-corrected chi connectivity index (χ4v) is 7.42. The molecule has 2 bridgehead atoms. The van der Waals surface area contributed by atoms with E-state index in [9.17, 15) is 9.59 Å². The highest BCUT2D eigenvalue weighted by atomic mass is 33.1. The molecule has 0 saturated carbocycles. The Hall–Kier alpha value is -1.41. The van der Waals surface area contributed by atoms with E-state index in [0.29, 0.717) is 11.3 Å². The summed E-state index contributed by atoms with van der Waals surface area (Å²) in [6.07, 6.45) is -0.806. The average molecular weight is 337 g/mol. The fourth-order valence-electron chi connectivity index (χ4n) is 3.97. The maximum absolute atomic E-state index is 15.9. The highest BCUT2D eigenvalue weighted by Gasteiger charge is 2.75. The average Bonchev–Trinajstić information content (AvgIpc) is 2.92. The van der Waals surface area contributed by atoms with Gasteiger partial charge >= 0.3 is 0 Å². The molecule has 8 heteroatoms. The lowest BCUT2D eigenvalue weighted by Gasteiger charge is -2.52. The predicted molar refractivity (Wildman–Crippen MR) is 82.6 cm³/mol. The van der Waals surface area contributed by atoms with Gasteiger partial charge in [0.15, 0.2) is 15.9 Å². The first kappa shape index (κ1) is 13.1. The molecule has 4 atom stereocenters. The molecule has 1 aromatic carbocycles. The van der Waals surface area contributed by atoms with Crippen LogP contribution in [0.3, 0.4) is 0 Å². The second kappa shape index (κ2) is 3.73. The second-order valence-corrected chi connectivity index (χ2v) is 8.63. The number of rotatable bonds is 0. The molecule has 1 aromatic rings. The van der Waals surface area contributed by atoms with Crippen LogP contribution in [0.25, 0.3) is 0 Å². The minimum atomic E-state index is -1.73. The van der Waals surface area contributed by atoms with Gasteiger partial charge in [-0.25, -0.2) is 4.39 Å². The van der Waals surface area contributed by atoms with Gasteiger partial charge in [0.05, 0.1) is 0 Å². The number of hydrogen-bond donors (Lipinski definition) is 1. The third-order valence-corrected chi connectivity index (χ3v) is 8.23. The van der Waals surface area contributed by atoms with Gasteiger partial charge in [-0.1, -0.05) is 39.8 Å². The van der Waals surface area contributed by atoms with Crippen LogP contribution in [0.4, 0.5) is 10.1 Å². The van der Waals surface area contributed by atoms with Gasteiger partial charge in [0.1, 0.15) is 6.17 Å². The molecule has 2 amide bonds. The molecule has 6 rings (SSSR count). The van der Waals surface area contributed by atoms with Crippen molar-refractivity contribution in [2.24, 2.45) is 0 Å². The number of para-hydroxylation sites is 1. The fraction of sp³-hybridized carbons (Fsp3) is 0.429. The molecule has 5 aliphatic heterocycles. The largest absolute Gasteiger partial charge is 0.362 e. The highest BCUT2D eigenvalue weighted by molar-refractivity contribution is 8.78. The van der Waals surface area contributed by atoms with Crippen LogP contribution in [0.2, 0.25) is 0 Å². The van der Waals surface area contributed by atoms with E-state index in [1.54, 1.807) is 19.2 Å². The summed E-state index contributed by atoms with van der Waals surface area (Å²) in [6.45, 7) is 0. The van der Waals surface area contributed by atoms with Gasteiger partial charge in [-0.2, -0.15) is 0 Å². The quantitative estimate of drug-likeness (QED) is 0.731. The number of nitrogens with one attached hydrogen (secondary N) is 1. The number of amides is 2. The molecule has 0 aliphatic carbocycles. The smallest absolute Gasteiger partial charge is 0.261 e. The van der Waals surface area contributed by atoms with Crippen molar-refractivity contribution in [3.8, 4) is 0 Å². The van der Waals surface area contributed by atoms with Crippen molar-refractivity contribution in [1.82, 2.24) is 9.80 Å². The number of benzene rings is 1. The minimum Gasteiger partial charge on any atom is -0.362 e. The van der Waals surface area contributed by atoms with Crippen molar-refractivity contribution < 1.29 is 14.0 Å². The Morgan fingerprint density at radius 3 is 2.95 bits per heavy atom. The Morgan fingerprint density at radius 1 is 1.36 bits per heavy atom. The van der Waals surface area contributed by atoms with Crippen LogP contribution < -0.4 is 5.32 Å². The number of alkyl halides is 1. The molecule has 4 fully saturated rings. The van der Waals surface area contributed by atoms with E-state index in [1.807, 2.05) is 12.1 Å². The van der Waals surface area contributed by atoms with E-state index in [0.717, 1.165) is 0 Å². The normalized spacial score (nSPS) is 41.4. The standard InChI is InChI=1S/C14H12FN3O2S2/c1-17-10-9(19)18-11-13(15,6-14(18,12(17)20)22-21-10)7-4-2-3-5-8(7)16-11/h2-5,10-11,16H,6H2,1H3/t10-,11-,13+,14-/m1/s1. The zero-order valence-corrected chi connectivity index (χ0v) is 13.2. The van der Waals surface area contributed by atoms with Crippen molar-refractivity contribution >= 4 is 39.1 Å². The van der Waals surface area contributed by atoms with Crippen LogP contribution in [0, 0.1) is 0 Å². The predicted octanol–water partition coefficient (Wildman–Crippen LogP) is 1.72. The van der Waals surface area contributed by atoms with Crippen LogP contribution in [0.15, 0.2) is 24.3 Å². The van der Waals surface area contributed by atoms with Crippen LogP contribution >= 0.6 is 21.6 Å². The molecule has 0 aromatic heterocycles. The second-order valence-electron chi connectivity index (χ2n) is 6.07. The third-order valence-electron chi connectivity index (χ3n) is 4.98. The lowest BCUT2D eigenvalue weighted by Crippen LogP contribution is -2.70. The van der Waals surface area contributed by atoms with E-state index in [1.165, 1.54) is 31.4 Å². The number of fused-ring (bicyclic) bond motifs is 5. The number of piperazine rings is 1. The topological polar surface area (TPSA) is 52.7 Å². The van der Waals surface area contributed by atoms with Crippen molar-refractivity contribution in [2.75, 3.05) is 12.4 Å². The number of halogens is 1. The first-order chi connectivity index (χ1) is 10.5. The molecular weight excluding hydrogens is 325 g/mol. The van der Waals surface area contributed by atoms with Crippen molar-refractivity contribution in [3.63, 3.8) is 0 Å². The van der Waals surface area contributed by atoms with E-state index in [-0.39, 0.29) is 18.2 Å². The molecular formula is C14H12FN3O2S2. The minimum absolute atomic E-state index is 0.00597. The third kappa shape index (κ3) is 1.19. The molecule has 22 heavy (non-hydrogen) atoms. The molecule has 0 unspecified atom stereocenters. The monoisotopic (exact) mass is 337 g/mol. The van der Waals surface area contributed by atoms with E-state index in [2.05, 4.69) is 5.32 Å². The molecule has 1 spiro atoms. The van der Waals surface area contributed by atoms with E-state index in [4.69, 9.17) is 0 Å². The summed E-state index contributed by atoms with van der Waals surface area (Å²) in [5.41, 5.74) is -0.478. The van der Waals surface area contributed by atoms with Gasteiger partial charge in [0.25, 0.3) is 11.8 Å². The Labute approximate surface area is 134 Å². The lowest BCUT2D eigenvalue weighted by molar-refractivity contribution is -0.157. The van der Waals surface area contributed by atoms with Crippen molar-refractivity contribution in [3.05, 3.63) is 29.8 Å². The summed E-state index contributed by atoms with van der Waals surface area (Å²) in [6, 6.07) is 7.17. The van der Waals surface area contributed by atoms with Crippen molar-refractivity contribution in [2.45, 2.75) is 28.5 Å². The van der Waals surface area contributed by atoms with Gasteiger partial charge in [-0.05, 0) is 6.07 Å². The maximum atomic E-state index is 15.9. The summed E-state index contributed by atoms with van der Waals surface area (Å²) in [7, 11) is 4.30. The highest BCUT2D eigenvalue weighted by Crippen LogP contribution is 2.66. The van der Waals surface area contributed by atoms with Crippen molar-refractivity contribution in [1.29, 1.82) is 0 Å². The van der Waals surface area contributed by atoms with Crippen LogP contribution in [-0.2, 0) is 15.3 Å². The number of anilines is 1. The molecule has 5 heterocycles. The van der Waals surface area contributed by atoms with E-state index < -0.39 is 22.1 Å². The number of nitrogens with zero attached hydrogens (tertiary/aromatic N) is 2.